The Balaban J connectivity index is 1.82. The Morgan fingerprint density at radius 1 is 1.52 bits per heavy atom. The molecule has 1 aromatic carbocycles. The summed E-state index contributed by atoms with van der Waals surface area (Å²) < 4.78 is 20.3. The van der Waals surface area contributed by atoms with E-state index in [-0.39, 0.29) is 17.5 Å². The molecule has 3 unspecified atom stereocenters. The van der Waals surface area contributed by atoms with E-state index in [4.69, 9.17) is 16.3 Å². The van der Waals surface area contributed by atoms with E-state index in [0.29, 0.717) is 10.9 Å². The summed E-state index contributed by atoms with van der Waals surface area (Å²) in [6.45, 7) is 0.776. The second kappa shape index (κ2) is 6.45. The number of hydrogen-bond acceptors (Lipinski definition) is 3. The van der Waals surface area contributed by atoms with Gasteiger partial charge < -0.3 is 10.1 Å². The van der Waals surface area contributed by atoms with Crippen LogP contribution >= 0.6 is 23.4 Å². The molecule has 2 fully saturated rings. The van der Waals surface area contributed by atoms with Crippen LogP contribution in [-0.2, 0) is 4.74 Å². The van der Waals surface area contributed by atoms with Crippen molar-refractivity contribution in [2.45, 2.75) is 30.9 Å². The van der Waals surface area contributed by atoms with E-state index in [1.54, 1.807) is 6.07 Å². The minimum Gasteiger partial charge on any atom is -0.374 e. The maximum atomic E-state index is 14.3. The zero-order chi connectivity index (χ0) is 14.9. The molecule has 0 bridgehead atoms. The molecule has 0 saturated carbocycles. The summed E-state index contributed by atoms with van der Waals surface area (Å²) in [5.74, 6) is 2.43. The molecule has 21 heavy (non-hydrogen) atoms. The van der Waals surface area contributed by atoms with Gasteiger partial charge in [-0.15, -0.1) is 0 Å². The number of ether oxygens (including phenoxy) is 1. The van der Waals surface area contributed by atoms with Crippen LogP contribution in [0.4, 0.5) is 4.39 Å². The van der Waals surface area contributed by atoms with E-state index in [1.165, 1.54) is 11.8 Å². The van der Waals surface area contributed by atoms with Crippen LogP contribution in [0.1, 0.15) is 30.9 Å². The number of hydrogen-bond donors (Lipinski definition) is 1. The summed E-state index contributed by atoms with van der Waals surface area (Å²) in [6.07, 6.45) is 3.10. The first-order valence-corrected chi connectivity index (χ1v) is 9.01. The van der Waals surface area contributed by atoms with Gasteiger partial charge in [-0.3, -0.25) is 0 Å². The molecule has 1 N–H and O–H groups in total. The smallest absolute Gasteiger partial charge is 0.129 e. The molecular formula is C16H21ClFNOS. The Morgan fingerprint density at radius 2 is 2.38 bits per heavy atom. The average Bonchev–Trinajstić information content (AvgIpc) is 2.90. The highest BCUT2D eigenvalue weighted by Gasteiger charge is 2.42. The van der Waals surface area contributed by atoms with E-state index in [9.17, 15) is 4.39 Å². The lowest BCUT2D eigenvalue weighted by molar-refractivity contribution is -0.0852. The third-order valence-corrected chi connectivity index (χ3v) is 6.14. The van der Waals surface area contributed by atoms with Crippen LogP contribution in [0.3, 0.4) is 0 Å². The summed E-state index contributed by atoms with van der Waals surface area (Å²) in [6, 6.07) is 5.00. The van der Waals surface area contributed by atoms with Crippen molar-refractivity contribution in [1.29, 1.82) is 0 Å². The fraction of sp³-hybridized carbons (Fsp3) is 0.625. The van der Waals surface area contributed by atoms with Crippen molar-refractivity contribution >= 4 is 23.4 Å². The number of thioether (sulfide) groups is 1. The summed E-state index contributed by atoms with van der Waals surface area (Å²) >= 11 is 7.83. The van der Waals surface area contributed by atoms with Crippen molar-refractivity contribution in [1.82, 2.24) is 5.32 Å². The van der Waals surface area contributed by atoms with Gasteiger partial charge in [0.25, 0.3) is 0 Å². The van der Waals surface area contributed by atoms with Crippen LogP contribution in [0.5, 0.6) is 0 Å². The zero-order valence-corrected chi connectivity index (χ0v) is 13.8. The molecule has 1 aromatic rings. The van der Waals surface area contributed by atoms with E-state index >= 15 is 0 Å². The predicted octanol–water partition coefficient (Wildman–Crippen LogP) is 4.04. The highest BCUT2D eigenvalue weighted by molar-refractivity contribution is 7.99. The highest BCUT2D eigenvalue weighted by Crippen LogP contribution is 2.44. The molecule has 0 radical (unpaired) electrons. The Morgan fingerprint density at radius 3 is 3.05 bits per heavy atom. The normalized spacial score (nSPS) is 30.7. The third kappa shape index (κ3) is 3.24. The minimum atomic E-state index is -0.219. The van der Waals surface area contributed by atoms with Gasteiger partial charge in [-0.2, -0.15) is 11.8 Å². The molecule has 2 saturated heterocycles. The Hall–Kier alpha value is -0.290. The molecule has 3 atom stereocenters. The van der Waals surface area contributed by atoms with E-state index in [0.717, 1.165) is 37.2 Å². The molecule has 3 rings (SSSR count). The molecule has 5 heteroatoms. The van der Waals surface area contributed by atoms with Crippen molar-refractivity contribution in [3.8, 4) is 0 Å². The van der Waals surface area contributed by atoms with Gasteiger partial charge in [0, 0.05) is 29.0 Å². The Kier molecular flexibility index (Phi) is 4.79. The van der Waals surface area contributed by atoms with Crippen LogP contribution in [-0.4, -0.2) is 30.8 Å². The summed E-state index contributed by atoms with van der Waals surface area (Å²) in [5, 5.41) is 3.76. The Labute approximate surface area is 134 Å². The lowest BCUT2D eigenvalue weighted by Crippen LogP contribution is -2.43. The first kappa shape index (κ1) is 15.6. The molecule has 0 aliphatic carbocycles. The van der Waals surface area contributed by atoms with Gasteiger partial charge in [0.1, 0.15) is 5.82 Å². The standard InChI is InChI=1S/C16H21ClFNOS/c1-19-15(13-3-2-12(17)8-14(13)18)11-4-6-20-16(9-11)5-7-21-10-16/h2-3,8,11,15,19H,4-7,9-10H2,1H3. The van der Waals surface area contributed by atoms with Gasteiger partial charge in [0.05, 0.1) is 5.60 Å². The first-order chi connectivity index (χ1) is 10.1. The Bertz CT molecular complexity index is 507. The average molecular weight is 330 g/mol. The summed E-state index contributed by atoms with van der Waals surface area (Å²) in [7, 11) is 1.91. The third-order valence-electron chi connectivity index (χ3n) is 4.68. The zero-order valence-electron chi connectivity index (χ0n) is 12.2. The molecular weight excluding hydrogens is 309 g/mol. The van der Waals surface area contributed by atoms with Gasteiger partial charge in [-0.25, -0.2) is 4.39 Å². The van der Waals surface area contributed by atoms with Gasteiger partial charge in [-0.1, -0.05) is 17.7 Å². The molecule has 2 nitrogen and oxygen atoms in total. The first-order valence-electron chi connectivity index (χ1n) is 7.47. The van der Waals surface area contributed by atoms with Crippen molar-refractivity contribution in [3.63, 3.8) is 0 Å². The molecule has 1 spiro atoms. The van der Waals surface area contributed by atoms with Crippen LogP contribution in [0.15, 0.2) is 18.2 Å². The van der Waals surface area contributed by atoms with Crippen LogP contribution in [0.25, 0.3) is 0 Å². The summed E-state index contributed by atoms with van der Waals surface area (Å²) in [5.41, 5.74) is 0.737. The van der Waals surface area contributed by atoms with Crippen LogP contribution in [0, 0.1) is 11.7 Å². The number of benzene rings is 1. The van der Waals surface area contributed by atoms with Crippen molar-refractivity contribution < 1.29 is 9.13 Å². The molecule has 0 aromatic heterocycles. The fourth-order valence-electron chi connectivity index (χ4n) is 3.61. The number of nitrogens with one attached hydrogen (secondary N) is 1. The summed E-state index contributed by atoms with van der Waals surface area (Å²) in [4.78, 5) is 0. The van der Waals surface area contributed by atoms with Gasteiger partial charge >= 0.3 is 0 Å². The monoisotopic (exact) mass is 329 g/mol. The van der Waals surface area contributed by atoms with Crippen LogP contribution < -0.4 is 5.32 Å². The SMILES string of the molecule is CNC(c1ccc(Cl)cc1F)C1CCOC2(CCSC2)C1. The maximum absolute atomic E-state index is 14.3. The molecule has 116 valence electrons. The largest absolute Gasteiger partial charge is 0.374 e. The van der Waals surface area contributed by atoms with Crippen molar-refractivity contribution in [2.24, 2.45) is 5.92 Å². The highest BCUT2D eigenvalue weighted by atomic mass is 35.5. The van der Waals surface area contributed by atoms with Crippen molar-refractivity contribution in [2.75, 3.05) is 25.2 Å². The second-order valence-corrected chi connectivity index (χ2v) is 7.56. The molecule has 2 heterocycles. The fourth-order valence-corrected chi connectivity index (χ4v) is 5.15. The lowest BCUT2D eigenvalue weighted by atomic mass is 9.79. The predicted molar refractivity (Wildman–Crippen MR) is 86.6 cm³/mol. The van der Waals surface area contributed by atoms with Crippen LogP contribution in [0.2, 0.25) is 5.02 Å². The lowest BCUT2D eigenvalue weighted by Gasteiger charge is -2.41. The second-order valence-electron chi connectivity index (χ2n) is 6.02. The molecule has 0 amide bonds. The number of rotatable bonds is 3. The quantitative estimate of drug-likeness (QED) is 0.904. The van der Waals surface area contributed by atoms with E-state index in [1.807, 2.05) is 24.9 Å². The van der Waals surface area contributed by atoms with Gasteiger partial charge in [0.15, 0.2) is 0 Å². The van der Waals surface area contributed by atoms with Gasteiger partial charge in [-0.05, 0) is 50.1 Å². The molecule has 2 aliphatic rings. The van der Waals surface area contributed by atoms with E-state index < -0.39 is 0 Å². The van der Waals surface area contributed by atoms with E-state index in [2.05, 4.69) is 5.32 Å². The molecule has 2 aliphatic heterocycles. The topological polar surface area (TPSA) is 21.3 Å². The minimum absolute atomic E-state index is 0.0194. The van der Waals surface area contributed by atoms with Gasteiger partial charge in [0.2, 0.25) is 0 Å². The van der Waals surface area contributed by atoms with Crippen molar-refractivity contribution in [3.05, 3.63) is 34.6 Å². The number of halogens is 2. The maximum Gasteiger partial charge on any atom is 0.129 e.